The second-order valence-electron chi connectivity index (χ2n) is 5.40. The van der Waals surface area contributed by atoms with Gasteiger partial charge in [0.2, 0.25) is 0 Å². The molecule has 0 aliphatic carbocycles. The molecule has 0 fully saturated rings. The summed E-state index contributed by atoms with van der Waals surface area (Å²) in [6.45, 7) is 7.72. The number of ether oxygens (including phenoxy) is 1. The Kier molecular flexibility index (Phi) is 3.76. The minimum Gasteiger partial charge on any atom is -0.386 e. The lowest BCUT2D eigenvalue weighted by molar-refractivity contribution is 0.0232. The number of rotatable bonds is 4. The van der Waals surface area contributed by atoms with Gasteiger partial charge in [0.15, 0.2) is 0 Å². The number of hydrogen-bond donors (Lipinski definition) is 1. The minimum absolute atomic E-state index is 0.143. The molecule has 0 aliphatic rings. The number of methoxy groups -OCH3 is 1. The van der Waals surface area contributed by atoms with Gasteiger partial charge >= 0.3 is 0 Å². The Morgan fingerprint density at radius 1 is 1.06 bits per heavy atom. The van der Waals surface area contributed by atoms with Crippen molar-refractivity contribution in [3.05, 3.63) is 35.4 Å². The van der Waals surface area contributed by atoms with Crippen LogP contribution < -0.4 is 0 Å². The molecule has 0 atom stereocenters. The molecular weight excluding hydrogens is 200 g/mol. The molecule has 0 bridgehead atoms. The van der Waals surface area contributed by atoms with Gasteiger partial charge in [-0.1, -0.05) is 24.3 Å². The molecule has 2 nitrogen and oxygen atoms in total. The van der Waals surface area contributed by atoms with Crippen LogP contribution in [0.25, 0.3) is 0 Å². The van der Waals surface area contributed by atoms with Crippen molar-refractivity contribution < 1.29 is 9.84 Å². The first-order valence-corrected chi connectivity index (χ1v) is 5.61. The first kappa shape index (κ1) is 13.2. The molecule has 16 heavy (non-hydrogen) atoms. The lowest BCUT2D eigenvalue weighted by Gasteiger charge is -2.23. The highest BCUT2D eigenvalue weighted by molar-refractivity contribution is 5.27. The van der Waals surface area contributed by atoms with E-state index in [-0.39, 0.29) is 5.60 Å². The van der Waals surface area contributed by atoms with Crippen LogP contribution >= 0.6 is 0 Å². The predicted molar refractivity (Wildman–Crippen MR) is 66.5 cm³/mol. The molecule has 0 spiro atoms. The molecule has 1 aromatic rings. The first-order valence-electron chi connectivity index (χ1n) is 5.61. The van der Waals surface area contributed by atoms with Crippen molar-refractivity contribution in [3.8, 4) is 0 Å². The van der Waals surface area contributed by atoms with E-state index in [2.05, 4.69) is 13.8 Å². The van der Waals surface area contributed by atoms with Crippen molar-refractivity contribution in [1.82, 2.24) is 0 Å². The third-order valence-electron chi connectivity index (χ3n) is 2.84. The lowest BCUT2D eigenvalue weighted by Crippen LogP contribution is -2.25. The van der Waals surface area contributed by atoms with E-state index in [9.17, 15) is 5.11 Å². The van der Waals surface area contributed by atoms with Gasteiger partial charge in [-0.3, -0.25) is 0 Å². The molecular formula is C14H22O2. The van der Waals surface area contributed by atoms with E-state index < -0.39 is 5.60 Å². The zero-order valence-electron chi connectivity index (χ0n) is 10.9. The Hall–Kier alpha value is -0.860. The van der Waals surface area contributed by atoms with E-state index in [0.29, 0.717) is 0 Å². The van der Waals surface area contributed by atoms with Crippen LogP contribution in [-0.4, -0.2) is 17.8 Å². The maximum absolute atomic E-state index is 9.83. The fourth-order valence-corrected chi connectivity index (χ4v) is 1.59. The van der Waals surface area contributed by atoms with Crippen molar-refractivity contribution in [2.45, 2.75) is 45.3 Å². The second-order valence-corrected chi connectivity index (χ2v) is 5.40. The van der Waals surface area contributed by atoms with Gasteiger partial charge in [-0.05, 0) is 38.8 Å². The molecule has 0 radical (unpaired) electrons. The Labute approximate surface area is 98.3 Å². The van der Waals surface area contributed by atoms with Crippen LogP contribution in [0.4, 0.5) is 0 Å². The maximum Gasteiger partial charge on any atom is 0.0840 e. The van der Waals surface area contributed by atoms with E-state index in [4.69, 9.17) is 4.74 Å². The highest BCUT2D eigenvalue weighted by atomic mass is 16.5. The summed E-state index contributed by atoms with van der Waals surface area (Å²) >= 11 is 0. The Balaban J connectivity index is 2.80. The van der Waals surface area contributed by atoms with Crippen LogP contribution in [0.15, 0.2) is 24.3 Å². The van der Waals surface area contributed by atoms with Crippen molar-refractivity contribution in [2.24, 2.45) is 0 Å². The topological polar surface area (TPSA) is 29.5 Å². The monoisotopic (exact) mass is 222 g/mol. The molecule has 0 amide bonds. The molecule has 2 heteroatoms. The van der Waals surface area contributed by atoms with E-state index in [0.717, 1.165) is 12.0 Å². The van der Waals surface area contributed by atoms with Crippen LogP contribution in [0, 0.1) is 0 Å². The van der Waals surface area contributed by atoms with Crippen LogP contribution in [0.3, 0.4) is 0 Å². The van der Waals surface area contributed by atoms with E-state index >= 15 is 0 Å². The van der Waals surface area contributed by atoms with E-state index in [1.165, 1.54) is 5.56 Å². The average molecular weight is 222 g/mol. The third-order valence-corrected chi connectivity index (χ3v) is 2.84. The van der Waals surface area contributed by atoms with Crippen molar-refractivity contribution in [3.63, 3.8) is 0 Å². The summed E-state index contributed by atoms with van der Waals surface area (Å²) in [5.74, 6) is 0. The van der Waals surface area contributed by atoms with E-state index in [1.807, 2.05) is 24.3 Å². The van der Waals surface area contributed by atoms with Crippen LogP contribution in [-0.2, 0) is 16.8 Å². The van der Waals surface area contributed by atoms with Gasteiger partial charge in [-0.25, -0.2) is 0 Å². The third kappa shape index (κ3) is 3.62. The van der Waals surface area contributed by atoms with Gasteiger partial charge in [0.1, 0.15) is 0 Å². The molecule has 1 aromatic carbocycles. The molecule has 0 aliphatic heterocycles. The van der Waals surface area contributed by atoms with Crippen LogP contribution in [0.1, 0.15) is 38.8 Å². The molecule has 1 N–H and O–H groups in total. The molecule has 0 aromatic heterocycles. The minimum atomic E-state index is -0.769. The van der Waals surface area contributed by atoms with Gasteiger partial charge in [0.05, 0.1) is 11.2 Å². The highest BCUT2D eigenvalue weighted by Gasteiger charge is 2.18. The zero-order valence-corrected chi connectivity index (χ0v) is 10.9. The van der Waals surface area contributed by atoms with Crippen molar-refractivity contribution in [1.29, 1.82) is 0 Å². The molecule has 1 rings (SSSR count). The smallest absolute Gasteiger partial charge is 0.0840 e. The zero-order chi connectivity index (χ0) is 12.4. The summed E-state index contributed by atoms with van der Waals surface area (Å²) in [6, 6.07) is 8.05. The molecule has 0 heterocycles. The molecule has 0 saturated heterocycles. The maximum atomic E-state index is 9.83. The highest BCUT2D eigenvalue weighted by Crippen LogP contribution is 2.22. The first-order chi connectivity index (χ1) is 7.24. The fraction of sp³-hybridized carbons (Fsp3) is 0.571. The standard InChI is InChI=1S/C14H22O2/c1-13(2,16-5)10-11-6-8-12(9-7-11)14(3,4)15/h6-9,15H,10H2,1-5H3. The number of benzene rings is 1. The van der Waals surface area contributed by atoms with Gasteiger partial charge in [0.25, 0.3) is 0 Å². The lowest BCUT2D eigenvalue weighted by atomic mass is 9.93. The normalized spacial score (nSPS) is 12.9. The van der Waals surface area contributed by atoms with Crippen molar-refractivity contribution in [2.75, 3.05) is 7.11 Å². The quantitative estimate of drug-likeness (QED) is 0.848. The Morgan fingerprint density at radius 2 is 1.56 bits per heavy atom. The van der Waals surface area contributed by atoms with E-state index in [1.54, 1.807) is 21.0 Å². The largest absolute Gasteiger partial charge is 0.386 e. The van der Waals surface area contributed by atoms with Gasteiger partial charge < -0.3 is 9.84 Å². The summed E-state index contributed by atoms with van der Waals surface area (Å²) in [4.78, 5) is 0. The number of aliphatic hydroxyl groups is 1. The second kappa shape index (κ2) is 4.56. The average Bonchev–Trinajstić information content (AvgIpc) is 2.16. The SMILES string of the molecule is COC(C)(C)Cc1ccc(C(C)(C)O)cc1. The Bertz CT molecular complexity index is 331. The van der Waals surface area contributed by atoms with Crippen LogP contribution in [0.5, 0.6) is 0 Å². The predicted octanol–water partition coefficient (Wildman–Crippen LogP) is 2.88. The fourth-order valence-electron chi connectivity index (χ4n) is 1.59. The van der Waals surface area contributed by atoms with Gasteiger partial charge in [-0.2, -0.15) is 0 Å². The molecule has 0 unspecified atom stereocenters. The molecule has 90 valence electrons. The summed E-state index contributed by atoms with van der Waals surface area (Å²) in [5, 5.41) is 9.83. The Morgan fingerprint density at radius 3 is 1.94 bits per heavy atom. The summed E-state index contributed by atoms with van der Waals surface area (Å²) < 4.78 is 5.39. The van der Waals surface area contributed by atoms with Gasteiger partial charge in [-0.15, -0.1) is 0 Å². The summed E-state index contributed by atoms with van der Waals surface area (Å²) in [7, 11) is 1.73. The number of hydrogen-bond acceptors (Lipinski definition) is 2. The summed E-state index contributed by atoms with van der Waals surface area (Å²) in [5.41, 5.74) is 1.25. The van der Waals surface area contributed by atoms with Crippen LogP contribution in [0.2, 0.25) is 0 Å². The molecule has 0 saturated carbocycles. The summed E-state index contributed by atoms with van der Waals surface area (Å²) in [6.07, 6.45) is 0.871. The van der Waals surface area contributed by atoms with Crippen molar-refractivity contribution >= 4 is 0 Å². The van der Waals surface area contributed by atoms with Gasteiger partial charge in [0, 0.05) is 13.5 Å².